The molecule has 3 atom stereocenters. The lowest BCUT2D eigenvalue weighted by Gasteiger charge is -2.32. The van der Waals surface area contributed by atoms with Gasteiger partial charge in [0.2, 0.25) is 0 Å². The van der Waals surface area contributed by atoms with Gasteiger partial charge < -0.3 is 10.1 Å². The van der Waals surface area contributed by atoms with Crippen LogP contribution in [0.1, 0.15) is 33.1 Å². The van der Waals surface area contributed by atoms with Crippen LogP contribution < -0.4 is 5.32 Å². The van der Waals surface area contributed by atoms with Crippen LogP contribution in [-0.4, -0.2) is 25.7 Å². The van der Waals surface area contributed by atoms with Gasteiger partial charge in [-0.05, 0) is 39.2 Å². The van der Waals surface area contributed by atoms with Gasteiger partial charge in [-0.3, -0.25) is 4.79 Å². The molecule has 1 N–H and O–H groups in total. The molecular weight excluding hydrogens is 178 g/mol. The van der Waals surface area contributed by atoms with Crippen LogP contribution in [-0.2, 0) is 9.53 Å². The minimum atomic E-state index is -0.0142. The van der Waals surface area contributed by atoms with Crippen molar-refractivity contribution in [1.29, 1.82) is 0 Å². The highest BCUT2D eigenvalue weighted by molar-refractivity contribution is 5.72. The van der Waals surface area contributed by atoms with Gasteiger partial charge in [0.25, 0.3) is 0 Å². The van der Waals surface area contributed by atoms with Crippen molar-refractivity contribution in [2.24, 2.45) is 11.8 Å². The predicted molar refractivity (Wildman–Crippen MR) is 56.0 cm³/mol. The zero-order valence-corrected chi connectivity index (χ0v) is 9.38. The molecule has 0 bridgehead atoms. The van der Waals surface area contributed by atoms with Gasteiger partial charge in [-0.1, -0.05) is 6.92 Å². The average molecular weight is 199 g/mol. The van der Waals surface area contributed by atoms with Crippen molar-refractivity contribution in [3.05, 3.63) is 0 Å². The normalized spacial score (nSPS) is 32.6. The molecule has 0 aliphatic heterocycles. The van der Waals surface area contributed by atoms with E-state index in [-0.39, 0.29) is 11.9 Å². The standard InChI is InChI=1S/C11H21NO2/c1-4-14-11(13)9-6-5-8(2)10(7-9)12-3/h8-10,12H,4-7H2,1-3H3/t8-,9+,10-/m0/s1. The van der Waals surface area contributed by atoms with Crippen LogP contribution in [0.5, 0.6) is 0 Å². The van der Waals surface area contributed by atoms with Gasteiger partial charge in [-0.15, -0.1) is 0 Å². The Labute approximate surface area is 86.2 Å². The SMILES string of the molecule is CCOC(=O)[C@@H]1CC[C@H](C)[C@@H](NC)C1. The fourth-order valence-corrected chi connectivity index (χ4v) is 2.20. The Kier molecular flexibility index (Phi) is 4.39. The van der Waals surface area contributed by atoms with E-state index in [2.05, 4.69) is 12.2 Å². The monoisotopic (exact) mass is 199 g/mol. The number of carbonyl (C=O) groups is 1. The molecule has 0 aromatic carbocycles. The number of hydrogen-bond donors (Lipinski definition) is 1. The Hall–Kier alpha value is -0.570. The van der Waals surface area contributed by atoms with Gasteiger partial charge in [0.15, 0.2) is 0 Å². The van der Waals surface area contributed by atoms with E-state index in [0.29, 0.717) is 18.6 Å². The van der Waals surface area contributed by atoms with Crippen molar-refractivity contribution in [2.75, 3.05) is 13.7 Å². The minimum absolute atomic E-state index is 0.0142. The van der Waals surface area contributed by atoms with Crippen LogP contribution in [0, 0.1) is 11.8 Å². The van der Waals surface area contributed by atoms with Gasteiger partial charge in [0.05, 0.1) is 12.5 Å². The summed E-state index contributed by atoms with van der Waals surface area (Å²) in [4.78, 5) is 11.5. The highest BCUT2D eigenvalue weighted by Gasteiger charge is 2.31. The molecule has 0 aromatic rings. The summed E-state index contributed by atoms with van der Waals surface area (Å²) in [5.74, 6) is 0.772. The molecular formula is C11H21NO2. The van der Waals surface area contributed by atoms with E-state index in [9.17, 15) is 4.79 Å². The maximum atomic E-state index is 11.5. The predicted octanol–water partition coefficient (Wildman–Crippen LogP) is 1.57. The van der Waals surface area contributed by atoms with Crippen molar-refractivity contribution in [1.82, 2.24) is 5.32 Å². The number of nitrogens with one attached hydrogen (secondary N) is 1. The van der Waals surface area contributed by atoms with Crippen LogP contribution in [0.4, 0.5) is 0 Å². The second-order valence-corrected chi connectivity index (χ2v) is 4.13. The van der Waals surface area contributed by atoms with E-state index in [1.54, 1.807) is 0 Å². The van der Waals surface area contributed by atoms with Gasteiger partial charge in [0.1, 0.15) is 0 Å². The fraction of sp³-hybridized carbons (Fsp3) is 0.909. The van der Waals surface area contributed by atoms with Crippen LogP contribution in [0.25, 0.3) is 0 Å². The molecule has 14 heavy (non-hydrogen) atoms. The zero-order chi connectivity index (χ0) is 10.6. The third kappa shape index (κ3) is 2.71. The molecule has 3 heteroatoms. The largest absolute Gasteiger partial charge is 0.466 e. The first-order valence-corrected chi connectivity index (χ1v) is 5.53. The Bertz CT molecular complexity index is 194. The molecule has 0 radical (unpaired) electrons. The van der Waals surface area contributed by atoms with E-state index in [0.717, 1.165) is 19.3 Å². The summed E-state index contributed by atoms with van der Waals surface area (Å²) in [6.45, 7) is 4.59. The van der Waals surface area contributed by atoms with Crippen molar-refractivity contribution in [2.45, 2.75) is 39.2 Å². The lowest BCUT2D eigenvalue weighted by atomic mass is 9.79. The highest BCUT2D eigenvalue weighted by Crippen LogP contribution is 2.29. The average Bonchev–Trinajstić information content (AvgIpc) is 2.19. The molecule has 0 heterocycles. The quantitative estimate of drug-likeness (QED) is 0.701. The Morgan fingerprint density at radius 2 is 2.21 bits per heavy atom. The van der Waals surface area contributed by atoms with Crippen LogP contribution >= 0.6 is 0 Å². The van der Waals surface area contributed by atoms with Gasteiger partial charge in [0, 0.05) is 6.04 Å². The molecule has 3 nitrogen and oxygen atoms in total. The number of rotatable bonds is 3. The fourth-order valence-electron chi connectivity index (χ4n) is 2.20. The molecule has 1 aliphatic carbocycles. The number of esters is 1. The summed E-state index contributed by atoms with van der Waals surface area (Å²) in [6.07, 6.45) is 3.03. The van der Waals surface area contributed by atoms with Gasteiger partial charge >= 0.3 is 5.97 Å². The zero-order valence-electron chi connectivity index (χ0n) is 9.38. The lowest BCUT2D eigenvalue weighted by molar-refractivity contribution is -0.149. The van der Waals surface area contributed by atoms with E-state index in [4.69, 9.17) is 4.74 Å². The van der Waals surface area contributed by atoms with Crippen LogP contribution in [0.3, 0.4) is 0 Å². The van der Waals surface area contributed by atoms with E-state index in [1.807, 2.05) is 14.0 Å². The first-order valence-electron chi connectivity index (χ1n) is 5.53. The molecule has 0 amide bonds. The second kappa shape index (κ2) is 5.35. The van der Waals surface area contributed by atoms with Crippen molar-refractivity contribution in [3.63, 3.8) is 0 Å². The number of ether oxygens (including phenoxy) is 1. The van der Waals surface area contributed by atoms with E-state index in [1.165, 1.54) is 0 Å². The summed E-state index contributed by atoms with van der Waals surface area (Å²) in [5, 5.41) is 3.27. The smallest absolute Gasteiger partial charge is 0.308 e. The van der Waals surface area contributed by atoms with E-state index < -0.39 is 0 Å². The summed E-state index contributed by atoms with van der Waals surface area (Å²) >= 11 is 0. The molecule has 82 valence electrons. The van der Waals surface area contributed by atoms with Gasteiger partial charge in [-0.25, -0.2) is 0 Å². The van der Waals surface area contributed by atoms with Crippen molar-refractivity contribution < 1.29 is 9.53 Å². The topological polar surface area (TPSA) is 38.3 Å². The first kappa shape index (κ1) is 11.5. The number of carbonyl (C=O) groups excluding carboxylic acids is 1. The summed E-state index contributed by atoms with van der Waals surface area (Å²) in [5.41, 5.74) is 0. The summed E-state index contributed by atoms with van der Waals surface area (Å²) in [6, 6.07) is 0.471. The van der Waals surface area contributed by atoms with E-state index >= 15 is 0 Å². The Morgan fingerprint density at radius 1 is 1.50 bits per heavy atom. The Balaban J connectivity index is 2.45. The van der Waals surface area contributed by atoms with Crippen molar-refractivity contribution in [3.8, 4) is 0 Å². The van der Waals surface area contributed by atoms with Crippen LogP contribution in [0.15, 0.2) is 0 Å². The second-order valence-electron chi connectivity index (χ2n) is 4.13. The molecule has 0 aromatic heterocycles. The third-order valence-corrected chi connectivity index (χ3v) is 3.19. The molecule has 0 unspecified atom stereocenters. The lowest BCUT2D eigenvalue weighted by Crippen LogP contribution is -2.40. The maximum absolute atomic E-state index is 11.5. The summed E-state index contributed by atoms with van der Waals surface area (Å²) < 4.78 is 5.04. The molecule has 1 saturated carbocycles. The third-order valence-electron chi connectivity index (χ3n) is 3.19. The van der Waals surface area contributed by atoms with Crippen molar-refractivity contribution >= 4 is 5.97 Å². The highest BCUT2D eigenvalue weighted by atomic mass is 16.5. The number of hydrogen-bond acceptors (Lipinski definition) is 3. The Morgan fingerprint density at radius 3 is 2.79 bits per heavy atom. The van der Waals surface area contributed by atoms with Gasteiger partial charge in [-0.2, -0.15) is 0 Å². The maximum Gasteiger partial charge on any atom is 0.308 e. The summed E-state index contributed by atoms with van der Waals surface area (Å²) in [7, 11) is 1.97. The molecule has 0 saturated heterocycles. The molecule has 1 fully saturated rings. The van der Waals surface area contributed by atoms with Crippen LogP contribution in [0.2, 0.25) is 0 Å². The first-order chi connectivity index (χ1) is 6.69. The molecule has 1 aliphatic rings. The minimum Gasteiger partial charge on any atom is -0.466 e. The molecule has 1 rings (SSSR count). The molecule has 0 spiro atoms.